The summed E-state index contributed by atoms with van der Waals surface area (Å²) < 4.78 is 62.9. The number of hydrogen-bond donors (Lipinski definition) is 4. The smallest absolute Gasteiger partial charge is 0.378 e. The van der Waals surface area contributed by atoms with Crippen LogP contribution in [0.1, 0.15) is 44.1 Å². The molecule has 0 saturated carbocycles. The molecule has 1 aromatic carbocycles. The molecule has 0 aromatic heterocycles. The number of nitriles is 1. The molecule has 0 spiro atoms. The summed E-state index contributed by atoms with van der Waals surface area (Å²) in [7, 11) is 0. The minimum atomic E-state index is -4.44. The Morgan fingerprint density at radius 1 is 1.19 bits per heavy atom. The van der Waals surface area contributed by atoms with Crippen LogP contribution in [0.4, 0.5) is 23.2 Å². The maximum Gasteiger partial charge on any atom is 0.410 e. The van der Waals surface area contributed by atoms with Crippen molar-refractivity contribution >= 4 is 11.6 Å². The summed E-state index contributed by atoms with van der Waals surface area (Å²) in [6.45, 7) is 0.906. The maximum absolute atomic E-state index is 15.3. The summed E-state index contributed by atoms with van der Waals surface area (Å²) in [6, 6.07) is 7.85. The third-order valence-electron chi connectivity index (χ3n) is 8.41. The van der Waals surface area contributed by atoms with Crippen LogP contribution in [-0.4, -0.2) is 67.3 Å². The molecule has 37 heavy (non-hydrogen) atoms. The van der Waals surface area contributed by atoms with E-state index in [0.29, 0.717) is 51.1 Å². The first-order chi connectivity index (χ1) is 17.7. The lowest BCUT2D eigenvalue weighted by atomic mass is 9.81. The highest BCUT2D eigenvalue weighted by molar-refractivity contribution is 5.82. The molecule has 8 nitrogen and oxygen atoms in total. The van der Waals surface area contributed by atoms with Gasteiger partial charge in [-0.3, -0.25) is 10.1 Å². The molecule has 12 heteroatoms. The van der Waals surface area contributed by atoms with Crippen molar-refractivity contribution in [2.75, 3.05) is 31.6 Å². The number of anilines is 1. The molecule has 3 unspecified atom stereocenters. The van der Waals surface area contributed by atoms with Crippen LogP contribution in [0.15, 0.2) is 24.3 Å². The van der Waals surface area contributed by atoms with Gasteiger partial charge in [-0.15, -0.1) is 0 Å². The number of rotatable bonds is 5. The second-order valence-corrected chi connectivity index (χ2v) is 10.4. The van der Waals surface area contributed by atoms with Gasteiger partial charge >= 0.3 is 6.18 Å². The zero-order valence-corrected chi connectivity index (χ0v) is 20.4. The summed E-state index contributed by atoms with van der Waals surface area (Å²) in [5.41, 5.74) is 0.732. The van der Waals surface area contributed by atoms with E-state index in [4.69, 9.17) is 4.74 Å². The topological polar surface area (TPSA) is 101 Å². The van der Waals surface area contributed by atoms with Gasteiger partial charge in [-0.05, 0) is 56.3 Å². The van der Waals surface area contributed by atoms with Crippen molar-refractivity contribution in [1.29, 1.82) is 5.26 Å². The molecule has 6 atom stereocenters. The summed E-state index contributed by atoms with van der Waals surface area (Å²) in [6.07, 6.45) is -4.53. The van der Waals surface area contributed by atoms with E-state index < -0.39 is 35.5 Å². The first-order valence-corrected chi connectivity index (χ1v) is 12.8. The number of amides is 1. The minimum absolute atomic E-state index is 0.0264. The second kappa shape index (κ2) is 10.0. The molecule has 4 aliphatic rings. The quantitative estimate of drug-likeness (QED) is 0.440. The number of benzene rings is 1. The number of nitrogens with zero attached hydrogens (tertiary/aromatic N) is 2. The van der Waals surface area contributed by atoms with E-state index in [1.165, 1.54) is 12.1 Å². The molecule has 4 heterocycles. The molecule has 202 valence electrons. The predicted molar refractivity (Wildman–Crippen MR) is 127 cm³/mol. The molecule has 0 aliphatic carbocycles. The molecule has 4 saturated heterocycles. The van der Waals surface area contributed by atoms with Crippen LogP contribution in [0, 0.1) is 17.2 Å². The molecule has 4 N–H and O–H groups in total. The molecular formula is C25H32F4N6O2. The van der Waals surface area contributed by atoms with Gasteiger partial charge in [0.15, 0.2) is 0 Å². The fourth-order valence-electron chi connectivity index (χ4n) is 6.41. The van der Waals surface area contributed by atoms with Crippen molar-refractivity contribution in [2.24, 2.45) is 5.92 Å². The molecule has 4 fully saturated rings. The third kappa shape index (κ3) is 4.46. The lowest BCUT2D eigenvalue weighted by molar-refractivity contribution is -0.207. The molecular weight excluding hydrogens is 492 g/mol. The van der Waals surface area contributed by atoms with Gasteiger partial charge in [-0.1, -0.05) is 12.1 Å². The number of fused-ring (bicyclic) bond motifs is 1. The van der Waals surface area contributed by atoms with Crippen LogP contribution in [0.2, 0.25) is 0 Å². The Kier molecular flexibility index (Phi) is 7.08. The van der Waals surface area contributed by atoms with Crippen molar-refractivity contribution in [3.05, 3.63) is 29.8 Å². The zero-order valence-electron chi connectivity index (χ0n) is 20.4. The fraction of sp³-hybridized carbons (Fsp3) is 0.680. The molecule has 1 aromatic rings. The van der Waals surface area contributed by atoms with Crippen molar-refractivity contribution < 1.29 is 27.1 Å². The van der Waals surface area contributed by atoms with Gasteiger partial charge in [0.2, 0.25) is 5.91 Å². The van der Waals surface area contributed by atoms with Crippen LogP contribution >= 0.6 is 0 Å². The molecule has 0 bridgehead atoms. The average molecular weight is 525 g/mol. The number of carbonyl (C=O) groups is 1. The number of hydrogen-bond acceptors (Lipinski definition) is 7. The first kappa shape index (κ1) is 26.2. The Balaban J connectivity index is 1.40. The van der Waals surface area contributed by atoms with E-state index in [0.717, 1.165) is 0 Å². The Labute approximate surface area is 213 Å². The van der Waals surface area contributed by atoms with Crippen LogP contribution in [0.25, 0.3) is 0 Å². The highest BCUT2D eigenvalue weighted by Gasteiger charge is 2.58. The monoisotopic (exact) mass is 524 g/mol. The highest BCUT2D eigenvalue weighted by atomic mass is 19.4. The number of nitrogens with one attached hydrogen (secondary N) is 4. The lowest BCUT2D eigenvalue weighted by Gasteiger charge is -2.48. The number of hydrazine groups is 1. The SMILES string of the molecule is N#CC[C@]1(N2NC(Nc3ccc([C@@]4(C(F)(F)F)CCCCN4)cc3)C3C(=O)NCCC32)CCOC[C@H]1F. The molecule has 0 radical (unpaired) electrons. The summed E-state index contributed by atoms with van der Waals surface area (Å²) in [5.74, 6) is -0.780. The van der Waals surface area contributed by atoms with Crippen LogP contribution < -0.4 is 21.4 Å². The lowest BCUT2D eigenvalue weighted by Crippen LogP contribution is -2.65. The highest BCUT2D eigenvalue weighted by Crippen LogP contribution is 2.45. The minimum Gasteiger partial charge on any atom is -0.378 e. The summed E-state index contributed by atoms with van der Waals surface area (Å²) in [5, 5.41) is 20.1. The first-order valence-electron chi connectivity index (χ1n) is 12.8. The van der Waals surface area contributed by atoms with Crippen LogP contribution in [-0.2, 0) is 15.1 Å². The average Bonchev–Trinajstić information content (AvgIpc) is 3.26. The van der Waals surface area contributed by atoms with Crippen molar-refractivity contribution in [1.82, 2.24) is 21.1 Å². The number of carbonyl (C=O) groups excluding carboxylic acids is 1. The van der Waals surface area contributed by atoms with E-state index in [9.17, 15) is 23.2 Å². The largest absolute Gasteiger partial charge is 0.410 e. The Morgan fingerprint density at radius 3 is 2.62 bits per heavy atom. The molecule has 1 amide bonds. The predicted octanol–water partition coefficient (Wildman–Crippen LogP) is 2.69. The van der Waals surface area contributed by atoms with E-state index in [-0.39, 0.29) is 37.0 Å². The normalized spacial score (nSPS) is 36.9. The summed E-state index contributed by atoms with van der Waals surface area (Å²) >= 11 is 0. The van der Waals surface area contributed by atoms with Gasteiger partial charge in [0.05, 0.1) is 30.6 Å². The molecule has 5 rings (SSSR count). The Morgan fingerprint density at radius 2 is 1.97 bits per heavy atom. The number of ether oxygens (including phenoxy) is 1. The van der Waals surface area contributed by atoms with Gasteiger partial charge in [0, 0.05) is 24.9 Å². The van der Waals surface area contributed by atoms with E-state index >= 15 is 4.39 Å². The van der Waals surface area contributed by atoms with Crippen LogP contribution in [0.3, 0.4) is 0 Å². The standard InChI is InChI=1S/C25H32F4N6O2/c26-19-15-37-14-10-23(19,9-11-30)35-18-7-13-31-22(36)20(18)21(34-35)33-17-5-3-16(4-6-17)24(25(27,28)29)8-1-2-12-32-24/h3-6,18-21,32-34H,1-2,7-10,12-15H2,(H,31,36)/t18?,19-,20?,21?,23+,24-/m1/s1. The van der Waals surface area contributed by atoms with Gasteiger partial charge in [0.25, 0.3) is 0 Å². The number of halogens is 4. The molecule has 4 aliphatic heterocycles. The van der Waals surface area contributed by atoms with Gasteiger partial charge in [-0.2, -0.15) is 18.4 Å². The van der Waals surface area contributed by atoms with Gasteiger partial charge in [0.1, 0.15) is 17.9 Å². The van der Waals surface area contributed by atoms with E-state index in [1.54, 1.807) is 17.1 Å². The maximum atomic E-state index is 15.3. The fourth-order valence-corrected chi connectivity index (χ4v) is 6.41. The second-order valence-electron chi connectivity index (χ2n) is 10.4. The zero-order chi connectivity index (χ0) is 26.3. The van der Waals surface area contributed by atoms with E-state index in [1.807, 2.05) is 0 Å². The number of alkyl halides is 4. The third-order valence-corrected chi connectivity index (χ3v) is 8.41. The Bertz CT molecular complexity index is 1030. The van der Waals surface area contributed by atoms with Crippen molar-refractivity contribution in [2.45, 2.75) is 74.2 Å². The van der Waals surface area contributed by atoms with Crippen molar-refractivity contribution in [3.63, 3.8) is 0 Å². The summed E-state index contributed by atoms with van der Waals surface area (Å²) in [4.78, 5) is 12.9. The van der Waals surface area contributed by atoms with Crippen LogP contribution in [0.5, 0.6) is 0 Å². The van der Waals surface area contributed by atoms with Crippen molar-refractivity contribution in [3.8, 4) is 6.07 Å². The Hall–Kier alpha value is -2.46. The van der Waals surface area contributed by atoms with Gasteiger partial charge in [-0.25, -0.2) is 14.8 Å². The number of piperidine rings is 2. The van der Waals surface area contributed by atoms with E-state index in [2.05, 4.69) is 27.4 Å². The van der Waals surface area contributed by atoms with Gasteiger partial charge < -0.3 is 15.4 Å².